The first kappa shape index (κ1) is 10.8. The third-order valence-corrected chi connectivity index (χ3v) is 3.84. The van der Waals surface area contributed by atoms with E-state index in [1.54, 1.807) is 0 Å². The predicted molar refractivity (Wildman–Crippen MR) is 71.1 cm³/mol. The summed E-state index contributed by atoms with van der Waals surface area (Å²) in [6, 6.07) is 8.97. The lowest BCUT2D eigenvalue weighted by Crippen LogP contribution is -2.26. The van der Waals surface area contributed by atoms with Crippen LogP contribution >= 0.6 is 0 Å². The van der Waals surface area contributed by atoms with Gasteiger partial charge in [-0.3, -0.25) is 0 Å². The van der Waals surface area contributed by atoms with Crippen molar-refractivity contribution < 1.29 is 0 Å². The highest BCUT2D eigenvalue weighted by atomic mass is 15.0. The lowest BCUT2D eigenvalue weighted by Gasteiger charge is -2.22. The molecular formula is C14H19N3. The number of nitrogens with one attached hydrogen (secondary N) is 3. The van der Waals surface area contributed by atoms with Gasteiger partial charge in [0.05, 0.1) is 0 Å². The number of H-pyrrole nitrogens is 1. The molecule has 0 amide bonds. The summed E-state index contributed by atoms with van der Waals surface area (Å²) in [4.78, 5) is 3.37. The normalized spacial score (nSPS) is 22.1. The van der Waals surface area contributed by atoms with Gasteiger partial charge >= 0.3 is 0 Å². The second kappa shape index (κ2) is 4.51. The molecule has 1 aromatic carbocycles. The first-order chi connectivity index (χ1) is 8.40. The van der Waals surface area contributed by atoms with Crippen LogP contribution in [0.4, 0.5) is 0 Å². The highest BCUT2D eigenvalue weighted by Crippen LogP contribution is 2.31. The van der Waals surface area contributed by atoms with Gasteiger partial charge in [-0.1, -0.05) is 18.2 Å². The van der Waals surface area contributed by atoms with Crippen LogP contribution in [0.3, 0.4) is 0 Å². The van der Waals surface area contributed by atoms with E-state index in [1.165, 1.54) is 22.9 Å². The van der Waals surface area contributed by atoms with E-state index in [1.807, 2.05) is 0 Å². The van der Waals surface area contributed by atoms with Crippen LogP contribution < -0.4 is 10.6 Å². The van der Waals surface area contributed by atoms with Crippen molar-refractivity contribution in [2.24, 2.45) is 5.92 Å². The first-order valence-corrected chi connectivity index (χ1v) is 6.34. The van der Waals surface area contributed by atoms with Gasteiger partial charge in [0.15, 0.2) is 0 Å². The van der Waals surface area contributed by atoms with E-state index < -0.39 is 0 Å². The van der Waals surface area contributed by atoms with E-state index in [2.05, 4.69) is 53.1 Å². The number of benzene rings is 1. The van der Waals surface area contributed by atoms with Crippen LogP contribution in [0.1, 0.15) is 18.0 Å². The fourth-order valence-electron chi connectivity index (χ4n) is 2.96. The van der Waals surface area contributed by atoms with E-state index in [0.717, 1.165) is 13.1 Å². The van der Waals surface area contributed by atoms with Crippen molar-refractivity contribution in [1.82, 2.24) is 15.6 Å². The molecule has 3 rings (SSSR count). The van der Waals surface area contributed by atoms with Gasteiger partial charge in [-0.05, 0) is 44.1 Å². The molecule has 2 aromatic rings. The Morgan fingerprint density at radius 3 is 3.00 bits per heavy atom. The highest BCUT2D eigenvalue weighted by Gasteiger charge is 2.26. The molecule has 3 nitrogen and oxygen atoms in total. The zero-order valence-corrected chi connectivity index (χ0v) is 10.2. The molecule has 1 saturated heterocycles. The number of aromatic nitrogens is 1. The number of fused-ring (bicyclic) bond motifs is 1. The smallest absolute Gasteiger partial charge is 0.0457 e. The molecule has 3 heteroatoms. The SMILES string of the molecule is CNC(c1c[nH]c2ccccc12)C1CCNC1. The molecule has 0 radical (unpaired) electrons. The van der Waals surface area contributed by atoms with Crippen molar-refractivity contribution in [2.75, 3.05) is 20.1 Å². The maximum Gasteiger partial charge on any atom is 0.0457 e. The van der Waals surface area contributed by atoms with Crippen molar-refractivity contribution in [3.05, 3.63) is 36.0 Å². The number of aromatic amines is 1. The molecule has 1 aromatic heterocycles. The summed E-state index contributed by atoms with van der Waals surface area (Å²) in [5.74, 6) is 0.694. The lowest BCUT2D eigenvalue weighted by molar-refractivity contribution is 0.413. The molecule has 1 aliphatic heterocycles. The van der Waals surface area contributed by atoms with Crippen molar-refractivity contribution in [3.63, 3.8) is 0 Å². The van der Waals surface area contributed by atoms with Crippen LogP contribution in [-0.4, -0.2) is 25.1 Å². The van der Waals surface area contributed by atoms with Crippen LogP contribution in [0.2, 0.25) is 0 Å². The average Bonchev–Trinajstić information content (AvgIpc) is 3.01. The Bertz CT molecular complexity index is 497. The minimum absolute atomic E-state index is 0.446. The van der Waals surface area contributed by atoms with Gasteiger partial charge in [-0.2, -0.15) is 0 Å². The zero-order valence-electron chi connectivity index (χ0n) is 10.2. The highest BCUT2D eigenvalue weighted by molar-refractivity contribution is 5.83. The molecular weight excluding hydrogens is 210 g/mol. The maximum absolute atomic E-state index is 3.48. The summed E-state index contributed by atoms with van der Waals surface area (Å²) in [5, 5.41) is 8.27. The summed E-state index contributed by atoms with van der Waals surface area (Å²) in [6.45, 7) is 2.26. The molecule has 17 heavy (non-hydrogen) atoms. The second-order valence-corrected chi connectivity index (χ2v) is 4.81. The van der Waals surface area contributed by atoms with Crippen LogP contribution in [0, 0.1) is 5.92 Å². The van der Waals surface area contributed by atoms with Gasteiger partial charge in [-0.15, -0.1) is 0 Å². The topological polar surface area (TPSA) is 39.9 Å². The molecule has 2 unspecified atom stereocenters. The summed E-state index contributed by atoms with van der Waals surface area (Å²) in [5.41, 5.74) is 2.63. The van der Waals surface area contributed by atoms with Crippen molar-refractivity contribution in [1.29, 1.82) is 0 Å². The third-order valence-electron chi connectivity index (χ3n) is 3.84. The van der Waals surface area contributed by atoms with Crippen LogP contribution in [-0.2, 0) is 0 Å². The Hall–Kier alpha value is -1.32. The Kier molecular flexibility index (Phi) is 2.87. The van der Waals surface area contributed by atoms with E-state index in [-0.39, 0.29) is 0 Å². The maximum atomic E-state index is 3.48. The minimum atomic E-state index is 0.446. The number of hydrogen-bond donors (Lipinski definition) is 3. The fraction of sp³-hybridized carbons (Fsp3) is 0.429. The van der Waals surface area contributed by atoms with Gasteiger partial charge in [-0.25, -0.2) is 0 Å². The molecule has 3 N–H and O–H groups in total. The summed E-state index contributed by atoms with van der Waals surface area (Å²) >= 11 is 0. The fourth-order valence-corrected chi connectivity index (χ4v) is 2.96. The Morgan fingerprint density at radius 2 is 2.24 bits per heavy atom. The monoisotopic (exact) mass is 229 g/mol. The molecule has 1 aliphatic rings. The predicted octanol–water partition coefficient (Wildman–Crippen LogP) is 2.04. The van der Waals surface area contributed by atoms with Gasteiger partial charge in [0, 0.05) is 23.1 Å². The largest absolute Gasteiger partial charge is 0.361 e. The minimum Gasteiger partial charge on any atom is -0.361 e. The van der Waals surface area contributed by atoms with Crippen LogP contribution in [0.25, 0.3) is 10.9 Å². The lowest BCUT2D eigenvalue weighted by atomic mass is 9.92. The molecule has 0 bridgehead atoms. The van der Waals surface area contributed by atoms with E-state index in [9.17, 15) is 0 Å². The number of para-hydroxylation sites is 1. The third kappa shape index (κ3) is 1.85. The average molecular weight is 229 g/mol. The van der Waals surface area contributed by atoms with Gasteiger partial charge in [0.25, 0.3) is 0 Å². The first-order valence-electron chi connectivity index (χ1n) is 6.34. The summed E-state index contributed by atoms with van der Waals surface area (Å²) in [7, 11) is 2.06. The molecule has 0 saturated carbocycles. The second-order valence-electron chi connectivity index (χ2n) is 4.81. The van der Waals surface area contributed by atoms with E-state index in [4.69, 9.17) is 0 Å². The summed E-state index contributed by atoms with van der Waals surface area (Å²) < 4.78 is 0. The number of rotatable bonds is 3. The number of hydrogen-bond acceptors (Lipinski definition) is 2. The molecule has 2 heterocycles. The van der Waals surface area contributed by atoms with Crippen LogP contribution in [0.15, 0.2) is 30.5 Å². The quantitative estimate of drug-likeness (QED) is 0.753. The van der Waals surface area contributed by atoms with Gasteiger partial charge in [0.1, 0.15) is 0 Å². The molecule has 0 aliphatic carbocycles. The molecule has 2 atom stereocenters. The summed E-state index contributed by atoms with van der Waals surface area (Å²) in [6.07, 6.45) is 3.41. The van der Waals surface area contributed by atoms with Crippen molar-refractivity contribution in [2.45, 2.75) is 12.5 Å². The van der Waals surface area contributed by atoms with Gasteiger partial charge in [0.2, 0.25) is 0 Å². The molecule has 90 valence electrons. The Labute approximate surface area is 102 Å². The van der Waals surface area contributed by atoms with E-state index >= 15 is 0 Å². The Morgan fingerprint density at radius 1 is 1.35 bits per heavy atom. The molecule has 1 fully saturated rings. The van der Waals surface area contributed by atoms with Crippen LogP contribution in [0.5, 0.6) is 0 Å². The Balaban J connectivity index is 2.00. The van der Waals surface area contributed by atoms with Gasteiger partial charge < -0.3 is 15.6 Å². The van der Waals surface area contributed by atoms with E-state index in [0.29, 0.717) is 12.0 Å². The standard InChI is InChI=1S/C14H19N3/c1-15-14(10-6-7-16-8-10)12-9-17-13-5-3-2-4-11(12)13/h2-5,9-10,14-17H,6-8H2,1H3. The van der Waals surface area contributed by atoms with Crippen molar-refractivity contribution in [3.8, 4) is 0 Å². The molecule has 0 spiro atoms. The van der Waals surface area contributed by atoms with Crippen molar-refractivity contribution >= 4 is 10.9 Å². The zero-order chi connectivity index (χ0) is 11.7.